The lowest BCUT2D eigenvalue weighted by Gasteiger charge is -2.16. The number of aryl methyl sites for hydroxylation is 1. The van der Waals surface area contributed by atoms with E-state index in [1.165, 1.54) is 0 Å². The Kier molecular flexibility index (Phi) is 5.63. The highest BCUT2D eigenvalue weighted by Crippen LogP contribution is 2.26. The average Bonchev–Trinajstić information content (AvgIpc) is 2.89. The van der Waals surface area contributed by atoms with Gasteiger partial charge in [0, 0.05) is 28.4 Å². The van der Waals surface area contributed by atoms with E-state index in [4.69, 9.17) is 16.3 Å². The van der Waals surface area contributed by atoms with Crippen molar-refractivity contribution in [1.82, 2.24) is 4.72 Å². The van der Waals surface area contributed by atoms with Gasteiger partial charge < -0.3 is 4.74 Å². The summed E-state index contributed by atoms with van der Waals surface area (Å²) < 4.78 is 32.9. The van der Waals surface area contributed by atoms with Gasteiger partial charge in [0.05, 0.1) is 4.90 Å². The summed E-state index contributed by atoms with van der Waals surface area (Å²) in [4.78, 5) is 2.34. The number of rotatable bonds is 6. The number of benzene rings is 1. The molecule has 0 fully saturated rings. The normalized spacial score (nSPS) is 13.3. The smallest absolute Gasteiger partial charge is 0.240 e. The first-order valence-electron chi connectivity index (χ1n) is 6.69. The van der Waals surface area contributed by atoms with Gasteiger partial charge in [-0.2, -0.15) is 0 Å². The van der Waals surface area contributed by atoms with Gasteiger partial charge >= 0.3 is 0 Å². The lowest BCUT2D eigenvalue weighted by Crippen LogP contribution is -2.29. The molecule has 1 heterocycles. The van der Waals surface area contributed by atoms with Crippen LogP contribution in [-0.2, 0) is 14.8 Å². The van der Waals surface area contributed by atoms with Gasteiger partial charge in [-0.05, 0) is 43.7 Å². The summed E-state index contributed by atoms with van der Waals surface area (Å²) in [6.07, 6.45) is -0.312. The second kappa shape index (κ2) is 7.10. The molecular weight excluding hydrogens is 342 g/mol. The fraction of sp³-hybridized carbons (Fsp3) is 0.333. The summed E-state index contributed by atoms with van der Waals surface area (Å²) >= 11 is 7.58. The van der Waals surface area contributed by atoms with Gasteiger partial charge in [-0.25, -0.2) is 13.1 Å². The topological polar surface area (TPSA) is 55.4 Å². The Morgan fingerprint density at radius 3 is 2.59 bits per heavy atom. The van der Waals surface area contributed by atoms with Crippen LogP contribution < -0.4 is 4.72 Å². The highest BCUT2D eigenvalue weighted by atomic mass is 35.5. The minimum Gasteiger partial charge on any atom is -0.375 e. The van der Waals surface area contributed by atoms with Gasteiger partial charge in [0.15, 0.2) is 0 Å². The maximum atomic E-state index is 12.4. The minimum atomic E-state index is -3.63. The minimum absolute atomic E-state index is 0.171. The van der Waals surface area contributed by atoms with Crippen LogP contribution >= 0.6 is 22.9 Å². The van der Waals surface area contributed by atoms with Crippen LogP contribution in [0.25, 0.3) is 0 Å². The van der Waals surface area contributed by atoms with E-state index in [0.29, 0.717) is 10.6 Å². The SMILES string of the molecule is CO[C@@H](CNS(=O)(=O)c1cccc(Cl)c1C)c1ccc(C)s1. The van der Waals surface area contributed by atoms with Crippen LogP contribution in [-0.4, -0.2) is 22.1 Å². The highest BCUT2D eigenvalue weighted by Gasteiger charge is 2.21. The first-order valence-corrected chi connectivity index (χ1v) is 9.37. The first-order chi connectivity index (χ1) is 10.3. The standard InChI is InChI=1S/C15H18ClNO3S2/c1-10-7-8-14(21-10)13(20-3)9-17-22(18,19)15-6-4-5-12(16)11(15)2/h4-8,13,17H,9H2,1-3H3/t13-/m0/s1. The third-order valence-electron chi connectivity index (χ3n) is 3.33. The van der Waals surface area contributed by atoms with Crippen LogP contribution in [0.5, 0.6) is 0 Å². The molecular formula is C15H18ClNO3S2. The molecule has 7 heteroatoms. The molecule has 0 aliphatic carbocycles. The first kappa shape index (κ1) is 17.4. The molecule has 0 bridgehead atoms. The van der Waals surface area contributed by atoms with Crippen molar-refractivity contribution < 1.29 is 13.2 Å². The van der Waals surface area contributed by atoms with E-state index in [2.05, 4.69) is 4.72 Å². The number of sulfonamides is 1. The molecule has 0 spiro atoms. The van der Waals surface area contributed by atoms with Crippen LogP contribution in [0, 0.1) is 13.8 Å². The van der Waals surface area contributed by atoms with Crippen molar-refractivity contribution in [3.63, 3.8) is 0 Å². The van der Waals surface area contributed by atoms with Crippen molar-refractivity contribution in [3.8, 4) is 0 Å². The van der Waals surface area contributed by atoms with Gasteiger partial charge in [0.25, 0.3) is 0 Å². The molecule has 0 saturated heterocycles. The zero-order valence-corrected chi connectivity index (χ0v) is 15.0. The van der Waals surface area contributed by atoms with E-state index < -0.39 is 10.0 Å². The Morgan fingerprint density at radius 1 is 1.27 bits per heavy atom. The van der Waals surface area contributed by atoms with E-state index in [0.717, 1.165) is 9.75 Å². The maximum absolute atomic E-state index is 12.4. The number of hydrogen-bond donors (Lipinski definition) is 1. The Morgan fingerprint density at radius 2 is 2.00 bits per heavy atom. The van der Waals surface area contributed by atoms with Crippen molar-refractivity contribution in [3.05, 3.63) is 50.7 Å². The lowest BCUT2D eigenvalue weighted by molar-refractivity contribution is 0.110. The third-order valence-corrected chi connectivity index (χ3v) is 6.40. The molecule has 1 aromatic carbocycles. The van der Waals surface area contributed by atoms with E-state index in [9.17, 15) is 8.42 Å². The monoisotopic (exact) mass is 359 g/mol. The molecule has 4 nitrogen and oxygen atoms in total. The zero-order chi connectivity index (χ0) is 16.3. The Hall–Kier alpha value is -0.920. The molecule has 0 saturated carbocycles. The second-order valence-electron chi connectivity index (χ2n) is 4.89. The predicted octanol–water partition coefficient (Wildman–Crippen LogP) is 3.68. The van der Waals surface area contributed by atoms with Gasteiger partial charge in [0.2, 0.25) is 10.0 Å². The van der Waals surface area contributed by atoms with Crippen molar-refractivity contribution in [2.24, 2.45) is 0 Å². The molecule has 1 atom stereocenters. The maximum Gasteiger partial charge on any atom is 0.240 e. The molecule has 2 aromatic rings. The Balaban J connectivity index is 2.17. The van der Waals surface area contributed by atoms with Crippen LogP contribution in [0.1, 0.15) is 21.4 Å². The van der Waals surface area contributed by atoms with Gasteiger partial charge in [0.1, 0.15) is 6.10 Å². The second-order valence-corrected chi connectivity index (χ2v) is 8.35. The summed E-state index contributed by atoms with van der Waals surface area (Å²) in [7, 11) is -2.06. The fourth-order valence-corrected chi connectivity index (χ4v) is 4.55. The Bertz CT molecular complexity index is 756. The van der Waals surface area contributed by atoms with Gasteiger partial charge in [-0.15, -0.1) is 11.3 Å². The summed E-state index contributed by atoms with van der Waals surface area (Å²) in [5, 5.41) is 0.431. The number of halogens is 1. The van der Waals surface area contributed by atoms with Gasteiger partial charge in [-0.3, -0.25) is 0 Å². The molecule has 0 amide bonds. The summed E-state index contributed by atoms with van der Waals surface area (Å²) in [6, 6.07) is 8.78. The quantitative estimate of drug-likeness (QED) is 0.855. The van der Waals surface area contributed by atoms with Crippen LogP contribution in [0.3, 0.4) is 0 Å². The van der Waals surface area contributed by atoms with Crippen LogP contribution in [0.15, 0.2) is 35.2 Å². The number of thiophene rings is 1. The van der Waals surface area contributed by atoms with Crippen LogP contribution in [0.2, 0.25) is 5.02 Å². The molecule has 0 radical (unpaired) electrons. The number of methoxy groups -OCH3 is 1. The fourth-order valence-electron chi connectivity index (χ4n) is 2.07. The number of ether oxygens (including phenoxy) is 1. The van der Waals surface area contributed by atoms with Crippen molar-refractivity contribution in [2.75, 3.05) is 13.7 Å². The molecule has 0 unspecified atom stereocenters. The molecule has 1 aromatic heterocycles. The molecule has 22 heavy (non-hydrogen) atoms. The van der Waals surface area contributed by atoms with E-state index in [-0.39, 0.29) is 17.5 Å². The summed E-state index contributed by atoms with van der Waals surface area (Å²) in [5.41, 5.74) is 0.539. The predicted molar refractivity (Wildman–Crippen MR) is 90.2 cm³/mol. The molecule has 120 valence electrons. The van der Waals surface area contributed by atoms with E-state index in [1.54, 1.807) is 43.6 Å². The van der Waals surface area contributed by atoms with Crippen molar-refractivity contribution in [2.45, 2.75) is 24.8 Å². The van der Waals surface area contributed by atoms with Gasteiger partial charge in [-0.1, -0.05) is 17.7 Å². The van der Waals surface area contributed by atoms with Crippen molar-refractivity contribution in [1.29, 1.82) is 0 Å². The largest absolute Gasteiger partial charge is 0.375 e. The summed E-state index contributed by atoms with van der Waals surface area (Å²) in [6.45, 7) is 3.86. The summed E-state index contributed by atoms with van der Waals surface area (Å²) in [5.74, 6) is 0. The third kappa shape index (κ3) is 3.88. The Labute approximate surface area is 140 Å². The van der Waals surface area contributed by atoms with E-state index >= 15 is 0 Å². The molecule has 1 N–H and O–H groups in total. The molecule has 0 aliphatic rings. The van der Waals surface area contributed by atoms with Crippen molar-refractivity contribution >= 4 is 33.0 Å². The lowest BCUT2D eigenvalue weighted by atomic mass is 10.2. The zero-order valence-electron chi connectivity index (χ0n) is 12.6. The van der Waals surface area contributed by atoms with E-state index in [1.807, 2.05) is 19.1 Å². The number of nitrogens with one attached hydrogen (secondary N) is 1. The molecule has 2 rings (SSSR count). The highest BCUT2D eigenvalue weighted by molar-refractivity contribution is 7.89. The number of hydrogen-bond acceptors (Lipinski definition) is 4. The van der Waals surface area contributed by atoms with Crippen LogP contribution in [0.4, 0.5) is 0 Å². The molecule has 0 aliphatic heterocycles. The average molecular weight is 360 g/mol.